The molecule has 2 aromatic carbocycles. The van der Waals surface area contributed by atoms with Crippen LogP contribution in [-0.2, 0) is 4.79 Å². The molecule has 0 aliphatic heterocycles. The van der Waals surface area contributed by atoms with E-state index in [0.29, 0.717) is 27.9 Å². The van der Waals surface area contributed by atoms with Crippen LogP contribution in [0.15, 0.2) is 64.7 Å². The number of ether oxygens (including phenoxy) is 2. The Morgan fingerprint density at radius 2 is 1.93 bits per heavy atom. The zero-order chi connectivity index (χ0) is 20.8. The molecule has 29 heavy (non-hydrogen) atoms. The van der Waals surface area contributed by atoms with Gasteiger partial charge in [0.25, 0.3) is 5.56 Å². The van der Waals surface area contributed by atoms with Gasteiger partial charge >= 0.3 is 0 Å². The first-order chi connectivity index (χ1) is 14.0. The van der Waals surface area contributed by atoms with E-state index in [4.69, 9.17) is 21.1 Å². The maximum atomic E-state index is 12.7. The molecule has 0 spiro atoms. The number of hydrogen-bond acceptors (Lipinski definition) is 6. The summed E-state index contributed by atoms with van der Waals surface area (Å²) in [7, 11) is 3.09. The van der Waals surface area contributed by atoms with Crippen molar-refractivity contribution in [3.63, 3.8) is 0 Å². The van der Waals surface area contributed by atoms with Crippen molar-refractivity contribution in [3.05, 3.63) is 70.2 Å². The molecule has 0 radical (unpaired) electrons. The number of nitrogens with one attached hydrogen (secondary N) is 1. The fourth-order valence-electron chi connectivity index (χ4n) is 2.51. The van der Waals surface area contributed by atoms with E-state index in [-0.39, 0.29) is 22.2 Å². The van der Waals surface area contributed by atoms with Crippen LogP contribution in [0.3, 0.4) is 0 Å². The largest absolute Gasteiger partial charge is 0.497 e. The third-order valence-electron chi connectivity index (χ3n) is 3.94. The van der Waals surface area contributed by atoms with Gasteiger partial charge in [-0.25, -0.2) is 4.98 Å². The standard InChI is InChI=1S/C20H18ClN3O4S/c1-27-15-6-4-14(5-7-15)24-10-9-22-19(20(24)26)29-12-18(25)23-13-3-8-17(28-2)16(21)11-13/h3-11H,12H2,1-2H3,(H,23,25). The van der Waals surface area contributed by atoms with Crippen molar-refractivity contribution in [1.29, 1.82) is 0 Å². The van der Waals surface area contributed by atoms with Gasteiger partial charge in [0, 0.05) is 23.8 Å². The quantitative estimate of drug-likeness (QED) is 0.575. The summed E-state index contributed by atoms with van der Waals surface area (Å²) >= 11 is 7.12. The summed E-state index contributed by atoms with van der Waals surface area (Å²) in [6, 6.07) is 12.0. The van der Waals surface area contributed by atoms with E-state index in [2.05, 4.69) is 10.3 Å². The molecule has 0 fully saturated rings. The van der Waals surface area contributed by atoms with E-state index in [1.54, 1.807) is 55.8 Å². The number of nitrogens with zero attached hydrogens (tertiary/aromatic N) is 2. The lowest BCUT2D eigenvalue weighted by Crippen LogP contribution is -2.22. The zero-order valence-corrected chi connectivity index (χ0v) is 17.3. The highest BCUT2D eigenvalue weighted by molar-refractivity contribution is 7.99. The highest BCUT2D eigenvalue weighted by Crippen LogP contribution is 2.27. The highest BCUT2D eigenvalue weighted by atomic mass is 35.5. The van der Waals surface area contributed by atoms with Crippen LogP contribution in [0.2, 0.25) is 5.02 Å². The molecule has 9 heteroatoms. The molecule has 1 aromatic heterocycles. The zero-order valence-electron chi connectivity index (χ0n) is 15.7. The van der Waals surface area contributed by atoms with Gasteiger partial charge in [0.1, 0.15) is 11.5 Å². The lowest BCUT2D eigenvalue weighted by molar-refractivity contribution is -0.113. The Kier molecular flexibility index (Phi) is 6.79. The molecule has 3 aromatic rings. The Hall–Kier alpha value is -2.97. The number of methoxy groups -OCH3 is 2. The van der Waals surface area contributed by atoms with E-state index >= 15 is 0 Å². The summed E-state index contributed by atoms with van der Waals surface area (Å²) in [5, 5.41) is 3.35. The number of hydrogen-bond donors (Lipinski definition) is 1. The lowest BCUT2D eigenvalue weighted by Gasteiger charge is -2.09. The highest BCUT2D eigenvalue weighted by Gasteiger charge is 2.11. The first kappa shape index (κ1) is 20.8. The van der Waals surface area contributed by atoms with Crippen LogP contribution in [0.4, 0.5) is 5.69 Å². The number of amides is 1. The summed E-state index contributed by atoms with van der Waals surface area (Å²) in [6.45, 7) is 0. The summed E-state index contributed by atoms with van der Waals surface area (Å²) in [6.07, 6.45) is 3.10. The molecule has 0 bridgehead atoms. The minimum atomic E-state index is -0.303. The third-order valence-corrected chi connectivity index (χ3v) is 5.19. The Bertz CT molecular complexity index is 1070. The van der Waals surface area contributed by atoms with Gasteiger partial charge in [-0.3, -0.25) is 14.2 Å². The van der Waals surface area contributed by atoms with E-state index < -0.39 is 0 Å². The summed E-state index contributed by atoms with van der Waals surface area (Å²) in [5.41, 5.74) is 0.915. The molecule has 3 rings (SSSR count). The molecule has 1 amide bonds. The Labute approximate surface area is 176 Å². The van der Waals surface area contributed by atoms with Crippen LogP contribution in [-0.4, -0.2) is 35.4 Å². The van der Waals surface area contributed by atoms with Crippen LogP contribution >= 0.6 is 23.4 Å². The fourth-order valence-corrected chi connectivity index (χ4v) is 3.47. The fraction of sp³-hybridized carbons (Fsp3) is 0.150. The molecule has 0 aliphatic carbocycles. The van der Waals surface area contributed by atoms with Crippen molar-refractivity contribution in [3.8, 4) is 17.2 Å². The summed E-state index contributed by atoms with van der Waals surface area (Å²) in [5.74, 6) is 0.961. The van der Waals surface area contributed by atoms with E-state index in [9.17, 15) is 9.59 Å². The molecule has 1 N–H and O–H groups in total. The van der Waals surface area contributed by atoms with Gasteiger partial charge in [-0.1, -0.05) is 23.4 Å². The predicted octanol–water partition coefficient (Wildman–Crippen LogP) is 3.63. The molecule has 0 saturated carbocycles. The molecule has 1 heterocycles. The Morgan fingerprint density at radius 3 is 2.59 bits per heavy atom. The van der Waals surface area contributed by atoms with Crippen LogP contribution < -0.4 is 20.3 Å². The van der Waals surface area contributed by atoms with Gasteiger partial charge in [-0.05, 0) is 42.5 Å². The number of aromatic nitrogens is 2. The number of carbonyl (C=O) groups excluding carboxylic acids is 1. The Balaban J connectivity index is 1.68. The van der Waals surface area contributed by atoms with Crippen molar-refractivity contribution >= 4 is 35.0 Å². The molecule has 0 atom stereocenters. The molecule has 0 unspecified atom stereocenters. The average molecular weight is 432 g/mol. The predicted molar refractivity (Wildman–Crippen MR) is 114 cm³/mol. The normalized spacial score (nSPS) is 10.4. The smallest absolute Gasteiger partial charge is 0.287 e. The second-order valence-electron chi connectivity index (χ2n) is 5.79. The second-order valence-corrected chi connectivity index (χ2v) is 7.16. The number of thioether (sulfide) groups is 1. The van der Waals surface area contributed by atoms with E-state index in [1.807, 2.05) is 0 Å². The van der Waals surface area contributed by atoms with Gasteiger partial charge in [0.2, 0.25) is 5.91 Å². The first-order valence-corrected chi connectivity index (χ1v) is 9.86. The van der Waals surface area contributed by atoms with Crippen molar-refractivity contribution in [1.82, 2.24) is 9.55 Å². The van der Waals surface area contributed by atoms with Crippen LogP contribution in [0.1, 0.15) is 0 Å². The van der Waals surface area contributed by atoms with Crippen LogP contribution in [0.25, 0.3) is 5.69 Å². The maximum absolute atomic E-state index is 12.7. The van der Waals surface area contributed by atoms with Crippen LogP contribution in [0, 0.1) is 0 Å². The molecular weight excluding hydrogens is 414 g/mol. The van der Waals surface area contributed by atoms with Crippen molar-refractivity contribution < 1.29 is 14.3 Å². The van der Waals surface area contributed by atoms with Gasteiger partial charge in [0.05, 0.1) is 25.0 Å². The van der Waals surface area contributed by atoms with E-state index in [0.717, 1.165) is 11.8 Å². The average Bonchev–Trinajstić information content (AvgIpc) is 2.73. The van der Waals surface area contributed by atoms with Crippen molar-refractivity contribution in [2.24, 2.45) is 0 Å². The lowest BCUT2D eigenvalue weighted by atomic mass is 10.3. The van der Waals surface area contributed by atoms with Gasteiger partial charge in [-0.15, -0.1) is 0 Å². The topological polar surface area (TPSA) is 82.5 Å². The second kappa shape index (κ2) is 9.49. The van der Waals surface area contributed by atoms with Crippen molar-refractivity contribution in [2.75, 3.05) is 25.3 Å². The van der Waals surface area contributed by atoms with Gasteiger partial charge in [0.15, 0.2) is 5.03 Å². The molecule has 7 nitrogen and oxygen atoms in total. The minimum absolute atomic E-state index is 0.0263. The SMILES string of the molecule is COc1ccc(-n2ccnc(SCC(=O)Nc3ccc(OC)c(Cl)c3)c2=O)cc1. The summed E-state index contributed by atoms with van der Waals surface area (Å²) in [4.78, 5) is 29.0. The Morgan fingerprint density at radius 1 is 1.17 bits per heavy atom. The molecule has 150 valence electrons. The minimum Gasteiger partial charge on any atom is -0.497 e. The number of rotatable bonds is 7. The molecule has 0 saturated heterocycles. The van der Waals surface area contributed by atoms with Gasteiger partial charge in [-0.2, -0.15) is 0 Å². The van der Waals surface area contributed by atoms with Gasteiger partial charge < -0.3 is 14.8 Å². The number of benzene rings is 2. The maximum Gasteiger partial charge on any atom is 0.287 e. The molecule has 0 aliphatic rings. The van der Waals surface area contributed by atoms with E-state index in [1.165, 1.54) is 17.9 Å². The summed E-state index contributed by atoms with van der Waals surface area (Å²) < 4.78 is 11.7. The molecular formula is C20H18ClN3O4S. The number of halogens is 1. The third kappa shape index (κ3) is 5.10. The number of carbonyl (C=O) groups is 1. The number of anilines is 1. The first-order valence-electron chi connectivity index (χ1n) is 8.50. The monoisotopic (exact) mass is 431 g/mol. The van der Waals surface area contributed by atoms with Crippen LogP contribution in [0.5, 0.6) is 11.5 Å². The van der Waals surface area contributed by atoms with Crippen molar-refractivity contribution in [2.45, 2.75) is 5.03 Å².